The molecule has 1 aromatic heterocycles. The third-order valence-corrected chi connectivity index (χ3v) is 4.71. The fourth-order valence-corrected chi connectivity index (χ4v) is 3.01. The molecule has 4 nitrogen and oxygen atoms in total. The highest BCUT2D eigenvalue weighted by atomic mass is 16.5. The lowest BCUT2D eigenvalue weighted by Crippen LogP contribution is -2.45. The molecule has 2 rings (SSSR count). The maximum atomic E-state index is 12.6. The first kappa shape index (κ1) is 15.2. The van der Waals surface area contributed by atoms with Gasteiger partial charge in [-0.3, -0.25) is 9.48 Å². The van der Waals surface area contributed by atoms with E-state index in [2.05, 4.69) is 18.9 Å². The van der Waals surface area contributed by atoms with Crippen molar-refractivity contribution in [3.8, 4) is 0 Å². The first-order valence-electron chi connectivity index (χ1n) is 7.43. The molecule has 0 amide bonds. The molecule has 0 atom stereocenters. The first-order valence-corrected chi connectivity index (χ1v) is 7.43. The summed E-state index contributed by atoms with van der Waals surface area (Å²) in [6.07, 6.45) is 8.90. The van der Waals surface area contributed by atoms with Gasteiger partial charge in [0.2, 0.25) is 0 Å². The van der Waals surface area contributed by atoms with Crippen molar-refractivity contribution in [2.75, 3.05) is 7.11 Å². The van der Waals surface area contributed by atoms with Gasteiger partial charge in [-0.25, -0.2) is 0 Å². The van der Waals surface area contributed by atoms with Crippen LogP contribution in [0.1, 0.15) is 51.5 Å². The Morgan fingerprint density at radius 1 is 1.35 bits per heavy atom. The fourth-order valence-electron chi connectivity index (χ4n) is 3.01. The summed E-state index contributed by atoms with van der Waals surface area (Å²) in [7, 11) is 3.57. The van der Waals surface area contributed by atoms with E-state index in [1.54, 1.807) is 11.8 Å². The topological polar surface area (TPSA) is 44.1 Å². The van der Waals surface area contributed by atoms with E-state index in [1.165, 1.54) is 0 Å². The minimum Gasteiger partial charge on any atom is -0.370 e. The quantitative estimate of drug-likeness (QED) is 0.832. The molecule has 112 valence electrons. The van der Waals surface area contributed by atoms with Crippen molar-refractivity contribution in [2.45, 2.75) is 58.0 Å². The van der Waals surface area contributed by atoms with Gasteiger partial charge >= 0.3 is 0 Å². The number of aryl methyl sites for hydroxylation is 2. The van der Waals surface area contributed by atoms with Crippen molar-refractivity contribution in [3.63, 3.8) is 0 Å². The van der Waals surface area contributed by atoms with Gasteiger partial charge in [-0.05, 0) is 43.1 Å². The van der Waals surface area contributed by atoms with Crippen LogP contribution >= 0.6 is 0 Å². The van der Waals surface area contributed by atoms with Gasteiger partial charge < -0.3 is 4.74 Å². The second-order valence-corrected chi connectivity index (χ2v) is 6.81. The molecule has 1 aliphatic rings. The second kappa shape index (κ2) is 5.68. The highest BCUT2D eigenvalue weighted by Gasteiger charge is 2.43. The van der Waals surface area contributed by atoms with E-state index in [4.69, 9.17) is 4.74 Å². The number of hydrogen-bond acceptors (Lipinski definition) is 3. The number of methoxy groups -OCH3 is 1. The molecule has 1 saturated carbocycles. The molecule has 0 bridgehead atoms. The first-order chi connectivity index (χ1) is 9.37. The summed E-state index contributed by atoms with van der Waals surface area (Å²) in [5.74, 6) is 0.249. The Morgan fingerprint density at radius 3 is 2.50 bits per heavy atom. The lowest BCUT2D eigenvalue weighted by Gasteiger charge is -2.41. The predicted molar refractivity (Wildman–Crippen MR) is 78.5 cm³/mol. The van der Waals surface area contributed by atoms with Crippen molar-refractivity contribution in [1.82, 2.24) is 9.78 Å². The molecule has 20 heavy (non-hydrogen) atoms. The Morgan fingerprint density at radius 2 is 2.00 bits per heavy atom. The Kier molecular flexibility index (Phi) is 4.33. The van der Waals surface area contributed by atoms with Gasteiger partial charge in [0, 0.05) is 26.8 Å². The predicted octanol–water partition coefficient (Wildman–Crippen LogP) is 2.91. The highest BCUT2D eigenvalue weighted by Crippen LogP contribution is 2.42. The van der Waals surface area contributed by atoms with E-state index in [1.807, 2.05) is 19.4 Å². The summed E-state index contributed by atoms with van der Waals surface area (Å²) < 4.78 is 7.43. The molecule has 1 fully saturated rings. The van der Waals surface area contributed by atoms with Crippen LogP contribution in [0, 0.1) is 5.41 Å². The summed E-state index contributed by atoms with van der Waals surface area (Å²) in [5.41, 5.74) is 0.909. The van der Waals surface area contributed by atoms with Crippen LogP contribution in [-0.2, 0) is 23.0 Å². The van der Waals surface area contributed by atoms with E-state index >= 15 is 0 Å². The van der Waals surface area contributed by atoms with Crippen LogP contribution in [0.2, 0.25) is 0 Å². The van der Waals surface area contributed by atoms with E-state index in [-0.39, 0.29) is 5.78 Å². The van der Waals surface area contributed by atoms with Crippen LogP contribution in [-0.4, -0.2) is 28.3 Å². The number of hydrogen-bond donors (Lipinski definition) is 0. The molecule has 0 spiro atoms. The Balaban J connectivity index is 1.95. The Bertz CT molecular complexity index is 467. The number of nitrogens with zero attached hydrogens (tertiary/aromatic N) is 2. The number of ketones is 1. The maximum absolute atomic E-state index is 12.6. The molecule has 0 aromatic carbocycles. The summed E-state index contributed by atoms with van der Waals surface area (Å²) in [4.78, 5) is 12.6. The standard InChI is InChI=1S/C16H26N2O2/c1-15(2)7-9-16(20-4,10-8-15)14(19)6-5-13-11-17-18(3)12-13/h11-12H,5-10H2,1-4H3. The van der Waals surface area contributed by atoms with Gasteiger partial charge in [0.25, 0.3) is 0 Å². The van der Waals surface area contributed by atoms with Crippen molar-refractivity contribution < 1.29 is 9.53 Å². The number of aromatic nitrogens is 2. The third-order valence-electron chi connectivity index (χ3n) is 4.71. The van der Waals surface area contributed by atoms with Crippen LogP contribution < -0.4 is 0 Å². The molecule has 1 aromatic rings. The zero-order valence-electron chi connectivity index (χ0n) is 13.1. The van der Waals surface area contributed by atoms with Crippen molar-refractivity contribution in [2.24, 2.45) is 12.5 Å². The number of rotatable bonds is 5. The average molecular weight is 278 g/mol. The van der Waals surface area contributed by atoms with Gasteiger partial charge in [0.1, 0.15) is 5.60 Å². The molecule has 4 heteroatoms. The number of Topliss-reactive ketones (excluding diaryl/α,β-unsaturated/α-hetero) is 1. The molecule has 0 radical (unpaired) electrons. The van der Waals surface area contributed by atoms with Gasteiger partial charge in [0.15, 0.2) is 5.78 Å². The number of ether oxygens (including phenoxy) is 1. The molecule has 0 unspecified atom stereocenters. The fraction of sp³-hybridized carbons (Fsp3) is 0.750. The average Bonchev–Trinajstić information content (AvgIpc) is 2.82. The van der Waals surface area contributed by atoms with Crippen molar-refractivity contribution in [3.05, 3.63) is 18.0 Å². The summed E-state index contributed by atoms with van der Waals surface area (Å²) in [5, 5.41) is 4.14. The molecule has 1 heterocycles. The molecule has 0 aliphatic heterocycles. The highest BCUT2D eigenvalue weighted by molar-refractivity contribution is 5.87. The van der Waals surface area contributed by atoms with E-state index < -0.39 is 5.60 Å². The van der Waals surface area contributed by atoms with Crippen LogP contribution in [0.3, 0.4) is 0 Å². The van der Waals surface area contributed by atoms with Gasteiger partial charge in [-0.15, -0.1) is 0 Å². The normalized spacial score (nSPS) is 20.8. The zero-order chi connectivity index (χ0) is 14.8. The summed E-state index contributed by atoms with van der Waals surface area (Å²) in [6.45, 7) is 4.54. The van der Waals surface area contributed by atoms with Gasteiger partial charge in [-0.2, -0.15) is 5.10 Å². The Labute approximate surface area is 121 Å². The van der Waals surface area contributed by atoms with E-state index in [0.29, 0.717) is 11.8 Å². The maximum Gasteiger partial charge on any atom is 0.164 e. The van der Waals surface area contributed by atoms with Crippen LogP contribution in [0.25, 0.3) is 0 Å². The minimum absolute atomic E-state index is 0.249. The van der Waals surface area contributed by atoms with E-state index in [0.717, 1.165) is 37.7 Å². The van der Waals surface area contributed by atoms with Crippen molar-refractivity contribution >= 4 is 5.78 Å². The summed E-state index contributed by atoms with van der Waals surface area (Å²) in [6, 6.07) is 0. The summed E-state index contributed by atoms with van der Waals surface area (Å²) >= 11 is 0. The second-order valence-electron chi connectivity index (χ2n) is 6.81. The number of carbonyl (C=O) groups is 1. The van der Waals surface area contributed by atoms with Crippen LogP contribution in [0.4, 0.5) is 0 Å². The third kappa shape index (κ3) is 3.29. The lowest BCUT2D eigenvalue weighted by atomic mass is 9.69. The van der Waals surface area contributed by atoms with Crippen molar-refractivity contribution in [1.29, 1.82) is 0 Å². The molecule has 1 aliphatic carbocycles. The number of carbonyl (C=O) groups excluding carboxylic acids is 1. The molecule has 0 N–H and O–H groups in total. The lowest BCUT2D eigenvalue weighted by molar-refractivity contribution is -0.147. The van der Waals surface area contributed by atoms with Crippen LogP contribution in [0.5, 0.6) is 0 Å². The SMILES string of the molecule is COC1(C(=O)CCc2cnn(C)c2)CCC(C)(C)CC1. The molecule has 0 saturated heterocycles. The Hall–Kier alpha value is -1.16. The van der Waals surface area contributed by atoms with Crippen LogP contribution in [0.15, 0.2) is 12.4 Å². The molecular formula is C16H26N2O2. The van der Waals surface area contributed by atoms with Gasteiger partial charge in [-0.1, -0.05) is 13.8 Å². The van der Waals surface area contributed by atoms with E-state index in [9.17, 15) is 4.79 Å². The zero-order valence-corrected chi connectivity index (χ0v) is 13.1. The largest absolute Gasteiger partial charge is 0.370 e. The smallest absolute Gasteiger partial charge is 0.164 e. The monoisotopic (exact) mass is 278 g/mol. The van der Waals surface area contributed by atoms with Gasteiger partial charge in [0.05, 0.1) is 6.20 Å². The minimum atomic E-state index is -0.544. The molecular weight excluding hydrogens is 252 g/mol.